The molecule has 0 heterocycles. The Labute approximate surface area is 131 Å². The van der Waals surface area contributed by atoms with Gasteiger partial charge in [0, 0.05) is 33.9 Å². The molecule has 3 nitrogen and oxygen atoms in total. The first-order valence-electron chi connectivity index (χ1n) is 7.79. The van der Waals surface area contributed by atoms with Crippen molar-refractivity contribution in [2.75, 3.05) is 25.2 Å². The Bertz CT molecular complexity index is 435. The molecule has 2 unspecified atom stereocenters. The Morgan fingerprint density at radius 2 is 2.00 bits per heavy atom. The van der Waals surface area contributed by atoms with Gasteiger partial charge in [0.2, 0.25) is 0 Å². The summed E-state index contributed by atoms with van der Waals surface area (Å²) in [7, 11) is 0.883. The van der Waals surface area contributed by atoms with Crippen LogP contribution in [0.2, 0.25) is 0 Å². The summed E-state index contributed by atoms with van der Waals surface area (Å²) in [6.07, 6.45) is 2.07. The second-order valence-electron chi connectivity index (χ2n) is 5.74. The van der Waals surface area contributed by atoms with E-state index in [1.807, 2.05) is 18.2 Å². The van der Waals surface area contributed by atoms with Gasteiger partial charge in [0.1, 0.15) is 5.75 Å². The van der Waals surface area contributed by atoms with Crippen LogP contribution in [0.25, 0.3) is 0 Å². The van der Waals surface area contributed by atoms with Crippen molar-refractivity contribution < 1.29 is 8.95 Å². The number of methoxy groups -OCH3 is 1. The van der Waals surface area contributed by atoms with Crippen molar-refractivity contribution in [3.8, 4) is 5.75 Å². The highest BCUT2D eigenvalue weighted by Crippen LogP contribution is 2.25. The second-order valence-corrected chi connectivity index (χ2v) is 7.36. The number of para-hydroxylation sites is 1. The first-order chi connectivity index (χ1) is 10.1. The summed E-state index contributed by atoms with van der Waals surface area (Å²) in [5.41, 5.74) is 1.10. The lowest BCUT2D eigenvalue weighted by molar-refractivity contribution is 0.402. The molecule has 0 saturated heterocycles. The standard InChI is InChI=1S/C17H29NO2S/c1-5-11-18-16(13-21(19)12-10-14(2)3)15-8-6-7-9-17(15)20-4/h6-9,14,16,18H,5,10-13H2,1-4H3. The summed E-state index contributed by atoms with van der Waals surface area (Å²) in [5.74, 6) is 2.89. The summed E-state index contributed by atoms with van der Waals surface area (Å²) < 4.78 is 17.8. The molecule has 0 aliphatic rings. The minimum atomic E-state index is -0.803. The maximum Gasteiger partial charge on any atom is 0.123 e. The lowest BCUT2D eigenvalue weighted by Gasteiger charge is -2.21. The molecule has 0 fully saturated rings. The molecule has 0 bridgehead atoms. The van der Waals surface area contributed by atoms with E-state index < -0.39 is 10.8 Å². The zero-order chi connectivity index (χ0) is 15.7. The Morgan fingerprint density at radius 1 is 1.29 bits per heavy atom. The summed E-state index contributed by atoms with van der Waals surface area (Å²) in [6.45, 7) is 7.40. The maximum atomic E-state index is 12.3. The molecule has 0 aliphatic carbocycles. The van der Waals surface area contributed by atoms with Crippen LogP contribution in [0.15, 0.2) is 24.3 Å². The summed E-state index contributed by atoms with van der Waals surface area (Å²) in [6, 6.07) is 8.09. The maximum absolute atomic E-state index is 12.3. The van der Waals surface area contributed by atoms with Crippen LogP contribution >= 0.6 is 0 Å². The molecule has 0 aliphatic heterocycles. The van der Waals surface area contributed by atoms with Gasteiger partial charge in [-0.1, -0.05) is 39.0 Å². The number of hydrogen-bond donors (Lipinski definition) is 1. The van der Waals surface area contributed by atoms with Crippen LogP contribution in [0.4, 0.5) is 0 Å². The molecule has 21 heavy (non-hydrogen) atoms. The van der Waals surface area contributed by atoms with Crippen LogP contribution in [0.1, 0.15) is 45.2 Å². The normalized spacial score (nSPS) is 14.1. The van der Waals surface area contributed by atoms with Gasteiger partial charge in [0.15, 0.2) is 0 Å². The van der Waals surface area contributed by atoms with Crippen LogP contribution in [-0.4, -0.2) is 29.4 Å². The molecule has 0 radical (unpaired) electrons. The van der Waals surface area contributed by atoms with E-state index in [0.29, 0.717) is 11.7 Å². The first kappa shape index (κ1) is 18.2. The van der Waals surface area contributed by atoms with E-state index in [-0.39, 0.29) is 6.04 Å². The van der Waals surface area contributed by atoms with Gasteiger partial charge < -0.3 is 10.1 Å². The van der Waals surface area contributed by atoms with Crippen molar-refractivity contribution in [2.24, 2.45) is 5.92 Å². The SMILES string of the molecule is CCCNC(CS(=O)CCC(C)C)c1ccccc1OC. The van der Waals surface area contributed by atoms with Crippen LogP contribution in [0.3, 0.4) is 0 Å². The highest BCUT2D eigenvalue weighted by molar-refractivity contribution is 7.85. The van der Waals surface area contributed by atoms with Crippen LogP contribution in [0, 0.1) is 5.92 Å². The highest BCUT2D eigenvalue weighted by Gasteiger charge is 2.18. The monoisotopic (exact) mass is 311 g/mol. The summed E-state index contributed by atoms with van der Waals surface area (Å²) in [4.78, 5) is 0. The van der Waals surface area contributed by atoms with Crippen molar-refractivity contribution in [3.05, 3.63) is 29.8 Å². The molecule has 1 aromatic carbocycles. The molecule has 0 amide bonds. The molecule has 1 N–H and O–H groups in total. The number of hydrogen-bond acceptors (Lipinski definition) is 3. The van der Waals surface area contributed by atoms with E-state index in [2.05, 4.69) is 32.2 Å². The van der Waals surface area contributed by atoms with Gasteiger partial charge >= 0.3 is 0 Å². The van der Waals surface area contributed by atoms with Gasteiger partial charge in [0.05, 0.1) is 7.11 Å². The van der Waals surface area contributed by atoms with Crippen molar-refractivity contribution in [1.29, 1.82) is 0 Å². The zero-order valence-electron chi connectivity index (χ0n) is 13.7. The van der Waals surface area contributed by atoms with Crippen LogP contribution in [-0.2, 0) is 10.8 Å². The third-order valence-electron chi connectivity index (χ3n) is 3.43. The third kappa shape index (κ3) is 6.62. The number of ether oxygens (including phenoxy) is 1. The number of rotatable bonds is 10. The van der Waals surface area contributed by atoms with Gasteiger partial charge in [-0.2, -0.15) is 0 Å². The van der Waals surface area contributed by atoms with Gasteiger partial charge in [-0.25, -0.2) is 0 Å². The number of benzene rings is 1. The Morgan fingerprint density at radius 3 is 2.62 bits per heavy atom. The fraction of sp³-hybridized carbons (Fsp3) is 0.647. The first-order valence-corrected chi connectivity index (χ1v) is 9.28. The second kappa shape index (κ2) is 9.96. The van der Waals surface area contributed by atoms with E-state index in [0.717, 1.165) is 36.5 Å². The quantitative estimate of drug-likeness (QED) is 0.718. The predicted octanol–water partition coefficient (Wildman–Crippen LogP) is 3.53. The van der Waals surface area contributed by atoms with E-state index in [4.69, 9.17) is 4.74 Å². The third-order valence-corrected chi connectivity index (χ3v) is 4.83. The Hall–Kier alpha value is -0.870. The largest absolute Gasteiger partial charge is 0.496 e. The Kier molecular flexibility index (Phi) is 8.62. The molecule has 0 saturated carbocycles. The Balaban J connectivity index is 2.77. The summed E-state index contributed by atoms with van der Waals surface area (Å²) >= 11 is 0. The smallest absolute Gasteiger partial charge is 0.123 e. The molecule has 1 rings (SSSR count). The average Bonchev–Trinajstić information content (AvgIpc) is 2.49. The lowest BCUT2D eigenvalue weighted by atomic mass is 10.1. The topological polar surface area (TPSA) is 38.3 Å². The van der Waals surface area contributed by atoms with Gasteiger partial charge in [-0.3, -0.25) is 4.21 Å². The molecule has 0 spiro atoms. The van der Waals surface area contributed by atoms with Crippen LogP contribution in [0.5, 0.6) is 5.75 Å². The van der Waals surface area contributed by atoms with E-state index in [1.165, 1.54) is 0 Å². The minimum absolute atomic E-state index is 0.0918. The number of nitrogens with one attached hydrogen (secondary N) is 1. The molecule has 4 heteroatoms. The van der Waals surface area contributed by atoms with E-state index in [1.54, 1.807) is 7.11 Å². The van der Waals surface area contributed by atoms with Crippen molar-refractivity contribution in [1.82, 2.24) is 5.32 Å². The van der Waals surface area contributed by atoms with Crippen molar-refractivity contribution >= 4 is 10.8 Å². The van der Waals surface area contributed by atoms with E-state index in [9.17, 15) is 4.21 Å². The molecule has 120 valence electrons. The lowest BCUT2D eigenvalue weighted by Crippen LogP contribution is -2.28. The van der Waals surface area contributed by atoms with Crippen molar-refractivity contribution in [3.63, 3.8) is 0 Å². The molecular formula is C17H29NO2S. The fourth-order valence-electron chi connectivity index (χ4n) is 2.17. The summed E-state index contributed by atoms with van der Waals surface area (Å²) in [5, 5.41) is 3.51. The minimum Gasteiger partial charge on any atom is -0.496 e. The zero-order valence-corrected chi connectivity index (χ0v) is 14.5. The molecular weight excluding hydrogens is 282 g/mol. The molecule has 1 aromatic rings. The predicted molar refractivity (Wildman–Crippen MR) is 91.4 cm³/mol. The molecule has 2 atom stereocenters. The van der Waals surface area contributed by atoms with Gasteiger partial charge in [-0.05, 0) is 31.4 Å². The van der Waals surface area contributed by atoms with Gasteiger partial charge in [0.25, 0.3) is 0 Å². The van der Waals surface area contributed by atoms with Gasteiger partial charge in [-0.15, -0.1) is 0 Å². The van der Waals surface area contributed by atoms with E-state index >= 15 is 0 Å². The molecule has 0 aromatic heterocycles. The fourth-order valence-corrected chi connectivity index (χ4v) is 3.74. The highest BCUT2D eigenvalue weighted by atomic mass is 32.2. The average molecular weight is 311 g/mol. The van der Waals surface area contributed by atoms with Crippen molar-refractivity contribution in [2.45, 2.75) is 39.7 Å². The van der Waals surface area contributed by atoms with Crippen LogP contribution < -0.4 is 10.1 Å².